The summed E-state index contributed by atoms with van der Waals surface area (Å²) in [6, 6.07) is 13.3. The van der Waals surface area contributed by atoms with E-state index in [0.717, 1.165) is 22.8 Å². The van der Waals surface area contributed by atoms with Crippen molar-refractivity contribution >= 4 is 11.6 Å². The molecule has 0 atom stereocenters. The van der Waals surface area contributed by atoms with Gasteiger partial charge in [-0.15, -0.1) is 0 Å². The third kappa shape index (κ3) is 3.38. The predicted octanol–water partition coefficient (Wildman–Crippen LogP) is 3.76. The third-order valence-corrected chi connectivity index (χ3v) is 4.62. The molecule has 0 saturated carbocycles. The number of anilines is 1. The van der Waals surface area contributed by atoms with E-state index in [1.165, 1.54) is 12.1 Å². The van der Waals surface area contributed by atoms with E-state index in [1.54, 1.807) is 12.1 Å². The van der Waals surface area contributed by atoms with Crippen molar-refractivity contribution in [3.63, 3.8) is 0 Å². The van der Waals surface area contributed by atoms with Crippen LogP contribution in [-0.2, 0) is 0 Å². The number of benzene rings is 2. The second-order valence-electron chi connectivity index (χ2n) is 6.53. The highest BCUT2D eigenvalue weighted by Crippen LogP contribution is 2.33. The molecule has 0 saturated heterocycles. The molecule has 1 aliphatic heterocycles. The van der Waals surface area contributed by atoms with Gasteiger partial charge in [-0.05, 0) is 56.3 Å². The van der Waals surface area contributed by atoms with Crippen LogP contribution in [0.2, 0.25) is 0 Å². The number of ether oxygens (including phenoxy) is 2. The SMILES string of the molecule is Cc1cc(C(=O)NNc2ccc(F)cc2)c(C)n1-c1ccc2c(c1)OCCO2. The van der Waals surface area contributed by atoms with Crippen LogP contribution in [0.3, 0.4) is 0 Å². The Morgan fingerprint density at radius 3 is 2.46 bits per heavy atom. The number of hydrogen-bond acceptors (Lipinski definition) is 4. The van der Waals surface area contributed by atoms with Crippen LogP contribution in [0.1, 0.15) is 21.7 Å². The number of hydrazine groups is 1. The average molecular weight is 381 g/mol. The van der Waals surface area contributed by atoms with Crippen LogP contribution < -0.4 is 20.3 Å². The maximum atomic E-state index is 13.0. The first-order valence-electron chi connectivity index (χ1n) is 8.94. The third-order valence-electron chi connectivity index (χ3n) is 4.62. The van der Waals surface area contributed by atoms with E-state index in [-0.39, 0.29) is 11.7 Å². The van der Waals surface area contributed by atoms with E-state index in [1.807, 2.05) is 42.7 Å². The molecule has 1 amide bonds. The number of carbonyl (C=O) groups excluding carboxylic acids is 1. The molecule has 1 aromatic heterocycles. The second-order valence-corrected chi connectivity index (χ2v) is 6.53. The van der Waals surface area contributed by atoms with Gasteiger partial charge in [0.25, 0.3) is 5.91 Å². The quantitative estimate of drug-likeness (QED) is 0.676. The normalized spacial score (nSPS) is 12.5. The highest BCUT2D eigenvalue weighted by molar-refractivity contribution is 5.96. The highest BCUT2D eigenvalue weighted by atomic mass is 19.1. The molecule has 6 nitrogen and oxygen atoms in total. The van der Waals surface area contributed by atoms with Crippen LogP contribution in [0.15, 0.2) is 48.5 Å². The first-order valence-corrected chi connectivity index (χ1v) is 8.94. The minimum absolute atomic E-state index is 0.277. The summed E-state index contributed by atoms with van der Waals surface area (Å²) in [6.45, 7) is 4.88. The molecule has 144 valence electrons. The molecule has 2 N–H and O–H groups in total. The van der Waals surface area contributed by atoms with Gasteiger partial charge in [0.2, 0.25) is 0 Å². The number of aromatic nitrogens is 1. The minimum atomic E-state index is -0.333. The molecular weight excluding hydrogens is 361 g/mol. The van der Waals surface area contributed by atoms with Crippen LogP contribution in [0.5, 0.6) is 11.5 Å². The number of hydrogen-bond donors (Lipinski definition) is 2. The van der Waals surface area contributed by atoms with Crippen LogP contribution in [0.25, 0.3) is 5.69 Å². The lowest BCUT2D eigenvalue weighted by molar-refractivity contribution is 0.0962. The molecule has 28 heavy (non-hydrogen) atoms. The number of carbonyl (C=O) groups is 1. The molecule has 0 spiro atoms. The molecule has 3 aromatic rings. The summed E-state index contributed by atoms with van der Waals surface area (Å²) in [6.07, 6.45) is 0. The van der Waals surface area contributed by atoms with Crippen LogP contribution in [-0.4, -0.2) is 23.7 Å². The number of nitrogens with one attached hydrogen (secondary N) is 2. The van der Waals surface area contributed by atoms with Gasteiger partial charge < -0.3 is 14.0 Å². The highest BCUT2D eigenvalue weighted by Gasteiger charge is 2.19. The minimum Gasteiger partial charge on any atom is -0.486 e. The first-order chi connectivity index (χ1) is 13.5. The number of rotatable bonds is 4. The standard InChI is InChI=1S/C21H20FN3O3/c1-13-11-18(21(26)24-23-16-5-3-15(22)4-6-16)14(2)25(13)17-7-8-19-20(12-17)28-10-9-27-19/h3-8,11-12,23H,9-10H2,1-2H3,(H,24,26). The molecule has 7 heteroatoms. The van der Waals surface area contributed by atoms with Crippen molar-refractivity contribution in [1.29, 1.82) is 0 Å². The van der Waals surface area contributed by atoms with Crippen molar-refractivity contribution in [3.05, 3.63) is 71.3 Å². The van der Waals surface area contributed by atoms with Crippen molar-refractivity contribution in [1.82, 2.24) is 9.99 Å². The van der Waals surface area contributed by atoms with Gasteiger partial charge in [-0.25, -0.2) is 4.39 Å². The lowest BCUT2D eigenvalue weighted by atomic mass is 10.2. The van der Waals surface area contributed by atoms with Gasteiger partial charge in [-0.2, -0.15) is 0 Å². The Bertz CT molecular complexity index is 1030. The van der Waals surface area contributed by atoms with Gasteiger partial charge in [-0.1, -0.05) is 0 Å². The zero-order valence-corrected chi connectivity index (χ0v) is 15.6. The van der Waals surface area contributed by atoms with Gasteiger partial charge in [0.1, 0.15) is 19.0 Å². The number of amides is 1. The van der Waals surface area contributed by atoms with Crippen molar-refractivity contribution < 1.29 is 18.7 Å². The lowest BCUT2D eigenvalue weighted by Crippen LogP contribution is -2.29. The van der Waals surface area contributed by atoms with Crippen molar-refractivity contribution in [2.24, 2.45) is 0 Å². The number of nitrogens with zero attached hydrogens (tertiary/aromatic N) is 1. The van der Waals surface area contributed by atoms with Gasteiger partial charge in [-0.3, -0.25) is 15.6 Å². The van der Waals surface area contributed by atoms with E-state index in [2.05, 4.69) is 10.9 Å². The fraction of sp³-hybridized carbons (Fsp3) is 0.190. The number of aryl methyl sites for hydroxylation is 1. The maximum Gasteiger partial charge on any atom is 0.271 e. The maximum absolute atomic E-state index is 13.0. The summed E-state index contributed by atoms with van der Waals surface area (Å²) in [5, 5.41) is 0. The largest absolute Gasteiger partial charge is 0.486 e. The van der Waals surface area contributed by atoms with Crippen LogP contribution in [0.4, 0.5) is 10.1 Å². The molecular formula is C21H20FN3O3. The van der Waals surface area contributed by atoms with Crippen molar-refractivity contribution in [3.8, 4) is 17.2 Å². The Balaban J connectivity index is 1.57. The fourth-order valence-corrected chi connectivity index (χ4v) is 3.29. The number of fused-ring (bicyclic) bond motifs is 1. The Labute approximate surface area is 161 Å². The summed E-state index contributed by atoms with van der Waals surface area (Å²) in [5.41, 5.74) is 9.19. The summed E-state index contributed by atoms with van der Waals surface area (Å²) in [5.74, 6) is 0.806. The van der Waals surface area contributed by atoms with E-state index in [4.69, 9.17) is 9.47 Å². The zero-order valence-electron chi connectivity index (χ0n) is 15.6. The molecule has 4 rings (SSSR count). The molecule has 1 aliphatic rings. The second kappa shape index (κ2) is 7.26. The van der Waals surface area contributed by atoms with Crippen LogP contribution in [0, 0.1) is 19.7 Å². The van der Waals surface area contributed by atoms with E-state index < -0.39 is 0 Å². The van der Waals surface area contributed by atoms with Crippen molar-refractivity contribution in [2.45, 2.75) is 13.8 Å². The van der Waals surface area contributed by atoms with Crippen LogP contribution >= 0.6 is 0 Å². The monoisotopic (exact) mass is 381 g/mol. The van der Waals surface area contributed by atoms with E-state index in [9.17, 15) is 9.18 Å². The average Bonchev–Trinajstić information content (AvgIpc) is 3.01. The van der Waals surface area contributed by atoms with Crippen molar-refractivity contribution in [2.75, 3.05) is 18.6 Å². The molecule has 0 aliphatic carbocycles. The smallest absolute Gasteiger partial charge is 0.271 e. The lowest BCUT2D eigenvalue weighted by Gasteiger charge is -2.20. The number of halogens is 1. The van der Waals surface area contributed by atoms with Gasteiger partial charge in [0.05, 0.1) is 11.3 Å². The molecule has 2 aromatic carbocycles. The molecule has 0 bridgehead atoms. The fourth-order valence-electron chi connectivity index (χ4n) is 3.29. The molecule has 0 unspecified atom stereocenters. The summed E-state index contributed by atoms with van der Waals surface area (Å²) in [7, 11) is 0. The van der Waals surface area contributed by atoms with Gasteiger partial charge in [0, 0.05) is 23.1 Å². The summed E-state index contributed by atoms with van der Waals surface area (Å²) < 4.78 is 26.2. The van der Waals surface area contributed by atoms with Gasteiger partial charge in [0.15, 0.2) is 11.5 Å². The molecule has 2 heterocycles. The Morgan fingerprint density at radius 1 is 1.00 bits per heavy atom. The predicted molar refractivity (Wildman–Crippen MR) is 104 cm³/mol. The Morgan fingerprint density at radius 2 is 1.71 bits per heavy atom. The Hall–Kier alpha value is -3.48. The molecule has 0 radical (unpaired) electrons. The summed E-state index contributed by atoms with van der Waals surface area (Å²) in [4.78, 5) is 12.6. The Kier molecular flexibility index (Phi) is 4.65. The van der Waals surface area contributed by atoms with Gasteiger partial charge >= 0.3 is 0 Å². The first kappa shape index (κ1) is 17.9. The topological polar surface area (TPSA) is 64.5 Å². The zero-order chi connectivity index (χ0) is 19.7. The van der Waals surface area contributed by atoms with E-state index >= 15 is 0 Å². The molecule has 0 fully saturated rings. The van der Waals surface area contributed by atoms with E-state index in [0.29, 0.717) is 30.2 Å². The summed E-state index contributed by atoms with van der Waals surface area (Å²) >= 11 is 0.